The lowest BCUT2D eigenvalue weighted by Gasteiger charge is -2.05. The molecule has 3 heteroatoms. The fourth-order valence-electron chi connectivity index (χ4n) is 1.64. The molecule has 0 bridgehead atoms. The molecule has 1 heterocycles. The SMILES string of the molecule is Cc1ncc(-c2ccc(Cl)cc2)cc1CC#N. The Morgan fingerprint density at radius 2 is 1.94 bits per heavy atom. The smallest absolute Gasteiger partial charge is 0.0670 e. The van der Waals surface area contributed by atoms with E-state index >= 15 is 0 Å². The molecule has 0 N–H and O–H groups in total. The van der Waals surface area contributed by atoms with Gasteiger partial charge in [-0.25, -0.2) is 0 Å². The molecule has 0 fully saturated rings. The first-order chi connectivity index (χ1) is 8.20. The molecular formula is C14H11ClN2. The van der Waals surface area contributed by atoms with Gasteiger partial charge >= 0.3 is 0 Å². The fraction of sp³-hybridized carbons (Fsp3) is 0.143. The van der Waals surface area contributed by atoms with Crippen molar-refractivity contribution in [2.75, 3.05) is 0 Å². The maximum Gasteiger partial charge on any atom is 0.0670 e. The van der Waals surface area contributed by atoms with E-state index in [0.717, 1.165) is 22.4 Å². The number of nitriles is 1. The summed E-state index contributed by atoms with van der Waals surface area (Å²) < 4.78 is 0. The number of hydrogen-bond donors (Lipinski definition) is 0. The maximum absolute atomic E-state index is 8.75. The zero-order valence-electron chi connectivity index (χ0n) is 9.44. The van der Waals surface area contributed by atoms with Crippen LogP contribution in [0.25, 0.3) is 11.1 Å². The number of hydrogen-bond acceptors (Lipinski definition) is 2. The topological polar surface area (TPSA) is 36.7 Å². The van der Waals surface area contributed by atoms with Gasteiger partial charge in [-0.05, 0) is 36.2 Å². The van der Waals surface area contributed by atoms with Crippen LogP contribution in [0.4, 0.5) is 0 Å². The molecule has 0 atom stereocenters. The first-order valence-electron chi connectivity index (χ1n) is 5.29. The molecule has 17 heavy (non-hydrogen) atoms. The molecule has 84 valence electrons. The Labute approximate surface area is 105 Å². The van der Waals surface area contributed by atoms with Gasteiger partial charge < -0.3 is 0 Å². The fourth-order valence-corrected chi connectivity index (χ4v) is 1.77. The van der Waals surface area contributed by atoms with Crippen LogP contribution in [0.1, 0.15) is 11.3 Å². The largest absolute Gasteiger partial charge is 0.261 e. The Bertz CT molecular complexity index is 568. The van der Waals surface area contributed by atoms with E-state index in [2.05, 4.69) is 11.1 Å². The minimum atomic E-state index is 0.389. The highest BCUT2D eigenvalue weighted by molar-refractivity contribution is 6.30. The molecule has 0 amide bonds. The zero-order chi connectivity index (χ0) is 12.3. The lowest BCUT2D eigenvalue weighted by Crippen LogP contribution is -1.92. The highest BCUT2D eigenvalue weighted by Crippen LogP contribution is 2.22. The van der Waals surface area contributed by atoms with Crippen LogP contribution >= 0.6 is 11.6 Å². The number of halogens is 1. The molecule has 0 saturated carbocycles. The third-order valence-corrected chi connectivity index (χ3v) is 2.89. The average Bonchev–Trinajstić information content (AvgIpc) is 2.33. The summed E-state index contributed by atoms with van der Waals surface area (Å²) in [5, 5.41) is 9.46. The molecule has 0 aliphatic rings. The van der Waals surface area contributed by atoms with E-state index in [-0.39, 0.29) is 0 Å². The van der Waals surface area contributed by atoms with E-state index in [1.54, 1.807) is 0 Å². The number of pyridine rings is 1. The monoisotopic (exact) mass is 242 g/mol. The Hall–Kier alpha value is -1.85. The van der Waals surface area contributed by atoms with Crippen molar-refractivity contribution in [2.24, 2.45) is 0 Å². The van der Waals surface area contributed by atoms with Crippen LogP contribution in [-0.4, -0.2) is 4.98 Å². The third-order valence-electron chi connectivity index (χ3n) is 2.64. The van der Waals surface area contributed by atoms with Crippen molar-refractivity contribution in [3.63, 3.8) is 0 Å². The molecule has 0 unspecified atom stereocenters. The van der Waals surface area contributed by atoms with Gasteiger partial charge in [0.2, 0.25) is 0 Å². The summed E-state index contributed by atoms with van der Waals surface area (Å²) in [6, 6.07) is 11.8. The Balaban J connectivity index is 2.43. The van der Waals surface area contributed by atoms with Gasteiger partial charge in [0.05, 0.1) is 12.5 Å². The Morgan fingerprint density at radius 1 is 1.24 bits per heavy atom. The summed E-state index contributed by atoms with van der Waals surface area (Å²) in [5.74, 6) is 0. The lowest BCUT2D eigenvalue weighted by molar-refractivity contribution is 1.11. The lowest BCUT2D eigenvalue weighted by atomic mass is 10.0. The first kappa shape index (κ1) is 11.6. The third kappa shape index (κ3) is 2.64. The van der Waals surface area contributed by atoms with Gasteiger partial charge in [0, 0.05) is 22.5 Å². The van der Waals surface area contributed by atoms with E-state index in [4.69, 9.17) is 16.9 Å². The number of aryl methyl sites for hydroxylation is 1. The molecule has 2 nitrogen and oxygen atoms in total. The summed E-state index contributed by atoms with van der Waals surface area (Å²) >= 11 is 5.85. The second kappa shape index (κ2) is 4.99. The van der Waals surface area contributed by atoms with Crippen molar-refractivity contribution >= 4 is 11.6 Å². The molecule has 1 aromatic carbocycles. The minimum absolute atomic E-state index is 0.389. The first-order valence-corrected chi connectivity index (χ1v) is 5.67. The summed E-state index contributed by atoms with van der Waals surface area (Å²) in [4.78, 5) is 4.31. The summed E-state index contributed by atoms with van der Waals surface area (Å²) in [6.07, 6.45) is 2.21. The van der Waals surface area contributed by atoms with Crippen molar-refractivity contribution < 1.29 is 0 Å². The van der Waals surface area contributed by atoms with E-state index in [9.17, 15) is 0 Å². The molecule has 0 radical (unpaired) electrons. The van der Waals surface area contributed by atoms with Crippen molar-refractivity contribution in [2.45, 2.75) is 13.3 Å². The number of rotatable bonds is 2. The minimum Gasteiger partial charge on any atom is -0.261 e. The molecule has 2 aromatic rings. The van der Waals surface area contributed by atoms with Crippen molar-refractivity contribution in [3.05, 3.63) is 52.8 Å². The molecule has 0 saturated heterocycles. The Kier molecular flexibility index (Phi) is 3.41. The molecule has 0 aliphatic carbocycles. The van der Waals surface area contributed by atoms with Crippen LogP contribution in [-0.2, 0) is 6.42 Å². The molecule has 0 spiro atoms. The molecule has 1 aromatic heterocycles. The van der Waals surface area contributed by atoms with Gasteiger partial charge in [-0.1, -0.05) is 23.7 Å². The van der Waals surface area contributed by atoms with Gasteiger partial charge in [0.15, 0.2) is 0 Å². The van der Waals surface area contributed by atoms with Crippen molar-refractivity contribution in [3.8, 4) is 17.2 Å². The summed E-state index contributed by atoms with van der Waals surface area (Å²) in [5.41, 5.74) is 3.95. The number of nitrogens with zero attached hydrogens (tertiary/aromatic N) is 2. The van der Waals surface area contributed by atoms with Crippen LogP contribution in [0, 0.1) is 18.3 Å². The van der Waals surface area contributed by atoms with Gasteiger partial charge in [0.25, 0.3) is 0 Å². The molecule has 0 aliphatic heterocycles. The summed E-state index contributed by atoms with van der Waals surface area (Å²) in [7, 11) is 0. The van der Waals surface area contributed by atoms with Gasteiger partial charge in [-0.15, -0.1) is 0 Å². The van der Waals surface area contributed by atoms with Crippen LogP contribution in [0.3, 0.4) is 0 Å². The maximum atomic E-state index is 8.75. The van der Waals surface area contributed by atoms with E-state index in [1.807, 2.05) is 43.5 Å². The second-order valence-electron chi connectivity index (χ2n) is 3.81. The zero-order valence-corrected chi connectivity index (χ0v) is 10.2. The average molecular weight is 243 g/mol. The predicted molar refractivity (Wildman–Crippen MR) is 68.7 cm³/mol. The number of benzene rings is 1. The van der Waals surface area contributed by atoms with Crippen LogP contribution in [0.15, 0.2) is 36.5 Å². The van der Waals surface area contributed by atoms with Crippen LogP contribution < -0.4 is 0 Å². The normalized spacial score (nSPS) is 9.94. The van der Waals surface area contributed by atoms with E-state index < -0.39 is 0 Å². The van der Waals surface area contributed by atoms with Gasteiger partial charge in [-0.2, -0.15) is 5.26 Å². The van der Waals surface area contributed by atoms with Crippen LogP contribution in [0.5, 0.6) is 0 Å². The number of aromatic nitrogens is 1. The quantitative estimate of drug-likeness (QED) is 0.804. The standard InChI is InChI=1S/C14H11ClN2/c1-10-12(6-7-16)8-13(9-17-10)11-2-4-14(15)5-3-11/h2-5,8-9H,6H2,1H3. The summed E-state index contributed by atoms with van der Waals surface area (Å²) in [6.45, 7) is 1.91. The highest BCUT2D eigenvalue weighted by Gasteiger charge is 2.03. The molecule has 2 rings (SSSR count). The van der Waals surface area contributed by atoms with Crippen LogP contribution in [0.2, 0.25) is 5.02 Å². The predicted octanol–water partition coefficient (Wildman–Crippen LogP) is 3.78. The Morgan fingerprint density at radius 3 is 2.59 bits per heavy atom. The van der Waals surface area contributed by atoms with Crippen molar-refractivity contribution in [1.29, 1.82) is 5.26 Å². The van der Waals surface area contributed by atoms with E-state index in [0.29, 0.717) is 11.4 Å². The van der Waals surface area contributed by atoms with Crippen molar-refractivity contribution in [1.82, 2.24) is 4.98 Å². The van der Waals surface area contributed by atoms with E-state index in [1.165, 1.54) is 0 Å². The van der Waals surface area contributed by atoms with Gasteiger partial charge in [-0.3, -0.25) is 4.98 Å². The van der Waals surface area contributed by atoms with Gasteiger partial charge in [0.1, 0.15) is 0 Å². The second-order valence-corrected chi connectivity index (χ2v) is 4.25. The highest BCUT2D eigenvalue weighted by atomic mass is 35.5. The molecular weight excluding hydrogens is 232 g/mol.